The van der Waals surface area contributed by atoms with Crippen LogP contribution in [0.5, 0.6) is 0 Å². The molecule has 4 N–H and O–H groups in total. The normalized spacial score (nSPS) is 11.6. The van der Waals surface area contributed by atoms with E-state index >= 15 is 0 Å². The predicted molar refractivity (Wildman–Crippen MR) is 82.5 cm³/mol. The van der Waals surface area contributed by atoms with Gasteiger partial charge in [0, 0.05) is 5.46 Å². The highest BCUT2D eigenvalue weighted by Gasteiger charge is 2.39. The molecule has 0 bridgehead atoms. The van der Waals surface area contributed by atoms with Crippen LogP contribution in [0.2, 0.25) is 0 Å². The summed E-state index contributed by atoms with van der Waals surface area (Å²) in [6.07, 6.45) is -10.0. The summed E-state index contributed by atoms with van der Waals surface area (Å²) < 4.78 is 98.7. The lowest BCUT2D eigenvalue weighted by molar-refractivity contribution is -0.142. The first-order chi connectivity index (χ1) is 12.7. The van der Waals surface area contributed by atoms with Crippen molar-refractivity contribution in [2.45, 2.75) is 12.4 Å². The second-order valence-electron chi connectivity index (χ2n) is 5.19. The lowest BCUT2D eigenvalue weighted by Crippen LogP contribution is -2.36. The molecule has 0 unspecified atom stereocenters. The minimum atomic E-state index is -5.10. The van der Waals surface area contributed by atoms with Crippen molar-refractivity contribution in [1.29, 1.82) is 0 Å². The van der Waals surface area contributed by atoms with Crippen molar-refractivity contribution in [2.75, 3.05) is 0 Å². The number of hydrogen-bond donors (Lipinski definition) is 4. The molecule has 14 heteroatoms. The molecule has 0 fully saturated rings. The average molecular weight is 416 g/mol. The average Bonchev–Trinajstić information content (AvgIpc) is 2.55. The zero-order valence-electron chi connectivity index (χ0n) is 13.4. The summed E-state index contributed by atoms with van der Waals surface area (Å²) in [6.45, 7) is 0. The summed E-state index contributed by atoms with van der Waals surface area (Å²) in [4.78, 5) is 0. The van der Waals surface area contributed by atoms with Crippen LogP contribution < -0.4 is 10.9 Å². The number of alkyl halides is 6. The molecule has 2 rings (SSSR count). The maximum absolute atomic E-state index is 12.6. The molecular weight excluding hydrogens is 406 g/mol. The fraction of sp³-hybridized carbons (Fsp3) is 0.143. The molecule has 28 heavy (non-hydrogen) atoms. The van der Waals surface area contributed by atoms with Crippen molar-refractivity contribution in [3.63, 3.8) is 0 Å². The first-order valence-electron chi connectivity index (χ1n) is 7.10. The largest absolute Gasteiger partial charge is 0.491 e. The molecule has 0 saturated carbocycles. The van der Waals surface area contributed by atoms with Crippen molar-refractivity contribution >= 4 is 25.2 Å². The number of benzene rings is 2. The maximum Gasteiger partial charge on any atom is 0.491 e. The summed E-state index contributed by atoms with van der Waals surface area (Å²) in [5.74, 6) is -2.31. The van der Waals surface area contributed by atoms with E-state index in [0.29, 0.717) is 12.1 Å². The minimum Gasteiger partial charge on any atom is -0.423 e. The van der Waals surface area contributed by atoms with Crippen LogP contribution in [-0.4, -0.2) is 34.3 Å². The first-order valence-corrected chi connectivity index (χ1v) is 7.10. The number of halogens is 8. The SMILES string of the molecule is OB(O)c1ccc(C(F)(F)F)cc1C(F)(F)F.OB(O)c1cccc(F)c1F. The lowest BCUT2D eigenvalue weighted by atomic mass is 9.76. The number of hydrogen-bond acceptors (Lipinski definition) is 4. The molecule has 0 heterocycles. The lowest BCUT2D eigenvalue weighted by Gasteiger charge is -2.15. The van der Waals surface area contributed by atoms with Crippen molar-refractivity contribution in [1.82, 2.24) is 0 Å². The molecule has 0 aliphatic carbocycles. The van der Waals surface area contributed by atoms with Crippen molar-refractivity contribution in [3.8, 4) is 0 Å². The zero-order chi connectivity index (χ0) is 21.9. The van der Waals surface area contributed by atoms with Gasteiger partial charge in [-0.3, -0.25) is 0 Å². The molecule has 0 radical (unpaired) electrons. The third-order valence-electron chi connectivity index (χ3n) is 3.22. The highest BCUT2D eigenvalue weighted by molar-refractivity contribution is 6.59. The third kappa shape index (κ3) is 6.19. The van der Waals surface area contributed by atoms with Crippen LogP contribution in [0.4, 0.5) is 35.1 Å². The van der Waals surface area contributed by atoms with E-state index in [4.69, 9.17) is 20.1 Å². The van der Waals surface area contributed by atoms with Gasteiger partial charge in [0.25, 0.3) is 0 Å². The molecule has 0 saturated heterocycles. The van der Waals surface area contributed by atoms with Crippen LogP contribution in [-0.2, 0) is 12.4 Å². The highest BCUT2D eigenvalue weighted by Crippen LogP contribution is 2.34. The molecule has 152 valence electrons. The van der Waals surface area contributed by atoms with E-state index in [0.717, 1.165) is 12.1 Å². The van der Waals surface area contributed by atoms with E-state index < -0.39 is 60.3 Å². The van der Waals surface area contributed by atoms with Crippen molar-refractivity contribution in [2.24, 2.45) is 0 Å². The first kappa shape index (κ1) is 23.9. The molecule has 0 aromatic heterocycles. The fourth-order valence-corrected chi connectivity index (χ4v) is 1.92. The molecule has 0 aliphatic rings. The molecule has 0 spiro atoms. The summed E-state index contributed by atoms with van der Waals surface area (Å²) in [6, 6.07) is 3.78. The third-order valence-corrected chi connectivity index (χ3v) is 3.22. The monoisotopic (exact) mass is 416 g/mol. The Morgan fingerprint density at radius 3 is 1.61 bits per heavy atom. The topological polar surface area (TPSA) is 80.9 Å². The van der Waals surface area contributed by atoms with Crippen LogP contribution in [0.1, 0.15) is 11.1 Å². The summed E-state index contributed by atoms with van der Waals surface area (Å²) in [7, 11) is -4.46. The Morgan fingerprint density at radius 2 is 1.21 bits per heavy atom. The van der Waals surface area contributed by atoms with Crippen LogP contribution in [0.25, 0.3) is 0 Å². The van der Waals surface area contributed by atoms with Gasteiger partial charge in [-0.1, -0.05) is 24.3 Å². The zero-order valence-corrected chi connectivity index (χ0v) is 13.4. The van der Waals surface area contributed by atoms with Crippen LogP contribution >= 0.6 is 0 Å². The van der Waals surface area contributed by atoms with E-state index in [2.05, 4.69) is 0 Å². The Balaban J connectivity index is 0.000000307. The Bertz CT molecular complexity index is 809. The smallest absolute Gasteiger partial charge is 0.423 e. The van der Waals surface area contributed by atoms with Gasteiger partial charge in [-0.05, 0) is 17.6 Å². The molecule has 0 atom stereocenters. The van der Waals surface area contributed by atoms with Crippen molar-refractivity contribution < 1.29 is 55.2 Å². The Labute approximate surface area is 153 Å². The number of rotatable bonds is 2. The van der Waals surface area contributed by atoms with Crippen LogP contribution in [0, 0.1) is 11.6 Å². The van der Waals surface area contributed by atoms with Crippen LogP contribution in [0.3, 0.4) is 0 Å². The van der Waals surface area contributed by atoms with Gasteiger partial charge in [-0.2, -0.15) is 26.3 Å². The van der Waals surface area contributed by atoms with E-state index in [1.165, 1.54) is 6.07 Å². The molecule has 0 amide bonds. The Morgan fingerprint density at radius 1 is 0.679 bits per heavy atom. The molecule has 0 aliphatic heterocycles. The van der Waals surface area contributed by atoms with E-state index in [9.17, 15) is 35.1 Å². The van der Waals surface area contributed by atoms with Crippen molar-refractivity contribution in [3.05, 3.63) is 59.2 Å². The van der Waals surface area contributed by atoms with Gasteiger partial charge in [0.2, 0.25) is 0 Å². The standard InChI is InChI=1S/C8H5BF6O2.C6H5BF2O2/c10-7(11,12)4-1-2-6(9(16)17)5(3-4)8(13,14)15;8-5-3-1-2-4(6(5)9)7(10)11/h1-3,16-17H;1-3,10-11H. The maximum atomic E-state index is 12.6. The molecule has 4 nitrogen and oxygen atoms in total. The van der Waals surface area contributed by atoms with Gasteiger partial charge < -0.3 is 20.1 Å². The van der Waals surface area contributed by atoms with Gasteiger partial charge in [0.1, 0.15) is 0 Å². The predicted octanol–water partition coefficient (Wildman–Crippen LogP) is 1.05. The fourth-order valence-electron chi connectivity index (χ4n) is 1.92. The van der Waals surface area contributed by atoms with Gasteiger partial charge in [0.05, 0.1) is 11.1 Å². The molecule has 2 aromatic rings. The second-order valence-corrected chi connectivity index (χ2v) is 5.19. The van der Waals surface area contributed by atoms with Crippen LogP contribution in [0.15, 0.2) is 36.4 Å². The highest BCUT2D eigenvalue weighted by atomic mass is 19.4. The quantitative estimate of drug-likeness (QED) is 0.436. The van der Waals surface area contributed by atoms with E-state index in [1.54, 1.807) is 0 Å². The summed E-state index contributed by atoms with van der Waals surface area (Å²) in [5, 5.41) is 34.2. The van der Waals surface area contributed by atoms with Gasteiger partial charge >= 0.3 is 26.6 Å². The van der Waals surface area contributed by atoms with Gasteiger partial charge in [0.15, 0.2) is 11.6 Å². The summed E-state index contributed by atoms with van der Waals surface area (Å²) >= 11 is 0. The molecule has 2 aromatic carbocycles. The Kier molecular flexibility index (Phi) is 7.59. The molecular formula is C14H10B2F8O4. The second kappa shape index (κ2) is 8.90. The van der Waals surface area contributed by atoms with E-state index in [-0.39, 0.29) is 6.07 Å². The summed E-state index contributed by atoms with van der Waals surface area (Å²) in [5.41, 5.74) is -4.70. The minimum absolute atomic E-state index is 0.158. The van der Waals surface area contributed by atoms with E-state index in [1.807, 2.05) is 0 Å². The van der Waals surface area contributed by atoms with Gasteiger partial charge in [-0.15, -0.1) is 0 Å². The van der Waals surface area contributed by atoms with Gasteiger partial charge in [-0.25, -0.2) is 8.78 Å². The Hall–Kier alpha value is -2.15.